The summed E-state index contributed by atoms with van der Waals surface area (Å²) in [6, 6.07) is 0.470. The van der Waals surface area contributed by atoms with E-state index in [0.717, 1.165) is 22.6 Å². The monoisotopic (exact) mass is 264 g/mol. The van der Waals surface area contributed by atoms with E-state index in [4.69, 9.17) is 5.73 Å². The van der Waals surface area contributed by atoms with Gasteiger partial charge in [-0.2, -0.15) is 0 Å². The maximum atomic E-state index is 6.06. The van der Waals surface area contributed by atoms with E-state index in [1.54, 1.807) is 11.3 Å². The number of nitrogen functional groups attached to an aromatic ring is 1. The Kier molecular flexibility index (Phi) is 3.54. The summed E-state index contributed by atoms with van der Waals surface area (Å²) in [6.45, 7) is 9.21. The molecule has 2 heterocycles. The fourth-order valence-corrected chi connectivity index (χ4v) is 2.86. The van der Waals surface area contributed by atoms with Crippen molar-refractivity contribution in [1.82, 2.24) is 14.9 Å². The largest absolute Gasteiger partial charge is 0.383 e. The number of nitrogens with zero attached hydrogens (tertiary/aromatic N) is 3. The summed E-state index contributed by atoms with van der Waals surface area (Å²) in [7, 11) is 2.07. The highest BCUT2D eigenvalue weighted by molar-refractivity contribution is 7.18. The molecule has 0 aromatic carbocycles. The van der Waals surface area contributed by atoms with E-state index in [0.29, 0.717) is 11.9 Å². The number of hydrogen-bond acceptors (Lipinski definition) is 5. The molecule has 2 aromatic rings. The van der Waals surface area contributed by atoms with Gasteiger partial charge in [-0.15, -0.1) is 11.3 Å². The molecule has 0 bridgehead atoms. The van der Waals surface area contributed by atoms with Gasteiger partial charge in [0, 0.05) is 10.9 Å². The average Bonchev–Trinajstić information content (AvgIpc) is 2.54. The highest BCUT2D eigenvalue weighted by atomic mass is 32.1. The zero-order valence-electron chi connectivity index (χ0n) is 11.6. The van der Waals surface area contributed by atoms with Gasteiger partial charge in [0.1, 0.15) is 16.5 Å². The molecule has 0 spiro atoms. The third kappa shape index (κ3) is 2.33. The van der Waals surface area contributed by atoms with Crippen molar-refractivity contribution >= 4 is 27.4 Å². The number of aryl methyl sites for hydroxylation is 2. The predicted molar refractivity (Wildman–Crippen MR) is 77.9 cm³/mol. The minimum absolute atomic E-state index is 0.470. The van der Waals surface area contributed by atoms with Crippen molar-refractivity contribution in [3.8, 4) is 0 Å². The maximum Gasteiger partial charge on any atom is 0.146 e. The zero-order valence-corrected chi connectivity index (χ0v) is 12.4. The number of thiophene rings is 1. The molecule has 0 atom stereocenters. The van der Waals surface area contributed by atoms with E-state index < -0.39 is 0 Å². The lowest BCUT2D eigenvalue weighted by molar-refractivity contribution is 0.260. The van der Waals surface area contributed by atoms with Crippen LogP contribution in [0.5, 0.6) is 0 Å². The molecule has 0 saturated heterocycles. The minimum atomic E-state index is 0.470. The van der Waals surface area contributed by atoms with Crippen LogP contribution in [0.15, 0.2) is 0 Å². The molecule has 98 valence electrons. The molecule has 0 aliphatic carbocycles. The standard InChI is InChI=1S/C13H20N4S/c1-7(2)17(5)6-10-15-12(14)11-8(3)9(4)18-13(11)16-10/h7H,6H2,1-5H3,(H2,14,15,16). The number of fused-ring (bicyclic) bond motifs is 1. The molecule has 2 N–H and O–H groups in total. The third-order valence-electron chi connectivity index (χ3n) is 3.38. The summed E-state index contributed by atoms with van der Waals surface area (Å²) >= 11 is 1.69. The zero-order chi connectivity index (χ0) is 13.4. The second kappa shape index (κ2) is 4.82. The fourth-order valence-electron chi connectivity index (χ4n) is 1.80. The molecular weight excluding hydrogens is 244 g/mol. The summed E-state index contributed by atoms with van der Waals surface area (Å²) in [5, 5.41) is 1.02. The molecule has 5 heteroatoms. The van der Waals surface area contributed by atoms with E-state index >= 15 is 0 Å². The van der Waals surface area contributed by atoms with E-state index in [2.05, 4.69) is 49.6 Å². The van der Waals surface area contributed by atoms with Gasteiger partial charge < -0.3 is 5.73 Å². The van der Waals surface area contributed by atoms with Gasteiger partial charge in [0.05, 0.1) is 11.9 Å². The SMILES string of the molecule is Cc1sc2nc(CN(C)C(C)C)nc(N)c2c1C. The van der Waals surface area contributed by atoms with Gasteiger partial charge in [-0.25, -0.2) is 9.97 Å². The summed E-state index contributed by atoms with van der Waals surface area (Å²) in [4.78, 5) is 13.5. The first kappa shape index (κ1) is 13.2. The van der Waals surface area contributed by atoms with Gasteiger partial charge in [-0.05, 0) is 40.3 Å². The van der Waals surface area contributed by atoms with E-state index in [1.807, 2.05) is 0 Å². The normalized spacial score (nSPS) is 11.9. The number of hydrogen-bond donors (Lipinski definition) is 1. The van der Waals surface area contributed by atoms with Gasteiger partial charge in [0.25, 0.3) is 0 Å². The van der Waals surface area contributed by atoms with Crippen LogP contribution < -0.4 is 5.73 Å². The Labute approximate surface area is 112 Å². The van der Waals surface area contributed by atoms with Gasteiger partial charge >= 0.3 is 0 Å². The van der Waals surface area contributed by atoms with Crippen LogP contribution in [-0.2, 0) is 6.54 Å². The minimum Gasteiger partial charge on any atom is -0.383 e. The van der Waals surface area contributed by atoms with Crippen LogP contribution >= 0.6 is 11.3 Å². The van der Waals surface area contributed by atoms with Crippen molar-refractivity contribution in [2.75, 3.05) is 12.8 Å². The number of aromatic nitrogens is 2. The molecule has 0 fully saturated rings. The molecule has 2 rings (SSSR count). The molecule has 0 amide bonds. The Morgan fingerprint density at radius 3 is 2.56 bits per heavy atom. The topological polar surface area (TPSA) is 55.0 Å². The van der Waals surface area contributed by atoms with Crippen molar-refractivity contribution in [3.05, 3.63) is 16.3 Å². The van der Waals surface area contributed by atoms with Crippen molar-refractivity contribution < 1.29 is 0 Å². The van der Waals surface area contributed by atoms with Crippen molar-refractivity contribution in [2.24, 2.45) is 0 Å². The highest BCUT2D eigenvalue weighted by Crippen LogP contribution is 2.31. The highest BCUT2D eigenvalue weighted by Gasteiger charge is 2.14. The van der Waals surface area contributed by atoms with Crippen LogP contribution in [-0.4, -0.2) is 28.0 Å². The van der Waals surface area contributed by atoms with Crippen LogP contribution in [0.1, 0.15) is 30.1 Å². The molecule has 0 radical (unpaired) electrons. The molecule has 0 aliphatic heterocycles. The Morgan fingerprint density at radius 1 is 1.28 bits per heavy atom. The smallest absolute Gasteiger partial charge is 0.146 e. The summed E-state index contributed by atoms with van der Waals surface area (Å²) < 4.78 is 0. The Morgan fingerprint density at radius 2 is 1.94 bits per heavy atom. The van der Waals surface area contributed by atoms with E-state index in [-0.39, 0.29) is 0 Å². The second-order valence-electron chi connectivity index (χ2n) is 5.00. The number of rotatable bonds is 3. The van der Waals surface area contributed by atoms with Crippen LogP contribution in [0.2, 0.25) is 0 Å². The number of nitrogens with two attached hydrogens (primary N) is 1. The van der Waals surface area contributed by atoms with Crippen molar-refractivity contribution in [1.29, 1.82) is 0 Å². The van der Waals surface area contributed by atoms with Crippen LogP contribution in [0.25, 0.3) is 10.2 Å². The van der Waals surface area contributed by atoms with Gasteiger partial charge in [0.2, 0.25) is 0 Å². The molecule has 4 nitrogen and oxygen atoms in total. The molecule has 0 unspecified atom stereocenters. The Hall–Kier alpha value is -1.20. The first-order valence-corrected chi connectivity index (χ1v) is 6.94. The van der Waals surface area contributed by atoms with E-state index in [1.165, 1.54) is 10.4 Å². The molecular formula is C13H20N4S. The summed E-state index contributed by atoms with van der Waals surface area (Å²) in [5.74, 6) is 1.41. The lowest BCUT2D eigenvalue weighted by Crippen LogP contribution is -2.26. The second-order valence-corrected chi connectivity index (χ2v) is 6.20. The van der Waals surface area contributed by atoms with Crippen molar-refractivity contribution in [3.63, 3.8) is 0 Å². The fraction of sp³-hybridized carbons (Fsp3) is 0.538. The quantitative estimate of drug-likeness (QED) is 0.926. The third-order valence-corrected chi connectivity index (χ3v) is 4.48. The Balaban J connectivity index is 2.43. The van der Waals surface area contributed by atoms with Gasteiger partial charge in [-0.3, -0.25) is 4.90 Å². The predicted octanol–water partition coefficient (Wildman–Crippen LogP) is 2.73. The van der Waals surface area contributed by atoms with Crippen LogP contribution in [0.4, 0.5) is 5.82 Å². The number of anilines is 1. The van der Waals surface area contributed by atoms with Crippen molar-refractivity contribution in [2.45, 2.75) is 40.3 Å². The van der Waals surface area contributed by atoms with E-state index in [9.17, 15) is 0 Å². The summed E-state index contributed by atoms with van der Waals surface area (Å²) in [6.07, 6.45) is 0. The first-order valence-electron chi connectivity index (χ1n) is 6.12. The molecule has 18 heavy (non-hydrogen) atoms. The lowest BCUT2D eigenvalue weighted by atomic mass is 10.2. The molecule has 2 aromatic heterocycles. The first-order chi connectivity index (χ1) is 8.40. The molecule has 0 aliphatic rings. The average molecular weight is 264 g/mol. The van der Waals surface area contributed by atoms with Gasteiger partial charge in [0.15, 0.2) is 0 Å². The van der Waals surface area contributed by atoms with Gasteiger partial charge in [-0.1, -0.05) is 0 Å². The maximum absolute atomic E-state index is 6.06. The summed E-state index contributed by atoms with van der Waals surface area (Å²) in [5.41, 5.74) is 7.26. The lowest BCUT2D eigenvalue weighted by Gasteiger charge is -2.19. The molecule has 0 saturated carbocycles. The van der Waals surface area contributed by atoms with Crippen LogP contribution in [0.3, 0.4) is 0 Å². The van der Waals surface area contributed by atoms with Crippen LogP contribution in [0, 0.1) is 13.8 Å². The Bertz CT molecular complexity index is 574.